The molecule has 4 nitrogen and oxygen atoms in total. The Hall–Kier alpha value is -1.84. The maximum absolute atomic E-state index is 10.7. The van der Waals surface area contributed by atoms with Gasteiger partial charge in [0.15, 0.2) is 0 Å². The van der Waals surface area contributed by atoms with Crippen LogP contribution in [0.2, 0.25) is 0 Å². The van der Waals surface area contributed by atoms with Crippen LogP contribution in [0.25, 0.3) is 0 Å². The molecule has 0 heterocycles. The van der Waals surface area contributed by atoms with Crippen molar-refractivity contribution in [1.82, 2.24) is 0 Å². The molecule has 0 saturated heterocycles. The van der Waals surface area contributed by atoms with Gasteiger partial charge in [-0.1, -0.05) is 44.2 Å². The highest BCUT2D eigenvalue weighted by atomic mass is 16.6. The van der Waals surface area contributed by atoms with Gasteiger partial charge in [-0.25, -0.2) is 9.59 Å². The number of carbonyl (C=O) groups is 2. The van der Waals surface area contributed by atoms with Gasteiger partial charge in [0, 0.05) is 0 Å². The van der Waals surface area contributed by atoms with Crippen molar-refractivity contribution in [3.63, 3.8) is 0 Å². The normalized spacial score (nSPS) is 11.0. The Labute approximate surface area is 107 Å². The van der Waals surface area contributed by atoms with Gasteiger partial charge in [0.2, 0.25) is 0 Å². The molecule has 0 saturated carbocycles. The molecule has 0 aromatic heterocycles. The van der Waals surface area contributed by atoms with Gasteiger partial charge < -0.3 is 9.84 Å². The maximum Gasteiger partial charge on any atom is 0.417 e. The Kier molecular flexibility index (Phi) is 4.89. The van der Waals surface area contributed by atoms with Crippen molar-refractivity contribution >= 4 is 11.9 Å². The van der Waals surface area contributed by atoms with Crippen molar-refractivity contribution in [2.75, 3.05) is 6.61 Å². The summed E-state index contributed by atoms with van der Waals surface area (Å²) in [5.74, 6) is -2.73. The first-order chi connectivity index (χ1) is 8.43. The number of hydrogen-bond acceptors (Lipinski definition) is 3. The highest BCUT2D eigenvalue weighted by molar-refractivity contribution is 6.28. The van der Waals surface area contributed by atoms with Gasteiger partial charge in [0.25, 0.3) is 0 Å². The van der Waals surface area contributed by atoms with Crippen LogP contribution in [0.1, 0.15) is 32.3 Å². The number of ether oxygens (including phenoxy) is 1. The fourth-order valence-electron chi connectivity index (χ4n) is 1.77. The van der Waals surface area contributed by atoms with Crippen LogP contribution in [0.15, 0.2) is 30.3 Å². The minimum atomic E-state index is -1.54. The summed E-state index contributed by atoms with van der Waals surface area (Å²) in [6, 6.07) is 10.1. The summed E-state index contributed by atoms with van der Waals surface area (Å²) < 4.78 is 4.60. The predicted molar refractivity (Wildman–Crippen MR) is 67.3 cm³/mol. The molecule has 0 aliphatic carbocycles. The lowest BCUT2D eigenvalue weighted by molar-refractivity contribution is -0.164. The summed E-state index contributed by atoms with van der Waals surface area (Å²) >= 11 is 0. The van der Waals surface area contributed by atoms with Crippen LogP contribution in [0.5, 0.6) is 0 Å². The van der Waals surface area contributed by atoms with E-state index in [1.165, 1.54) is 5.56 Å². The molecule has 1 aromatic rings. The van der Waals surface area contributed by atoms with E-state index in [1.807, 2.05) is 18.2 Å². The number of carbonyl (C=O) groups excluding carboxylic acids is 1. The van der Waals surface area contributed by atoms with E-state index in [1.54, 1.807) is 0 Å². The Morgan fingerprint density at radius 3 is 2.39 bits per heavy atom. The molecule has 0 spiro atoms. The van der Waals surface area contributed by atoms with E-state index in [0.717, 1.165) is 6.42 Å². The molecule has 0 radical (unpaired) electrons. The van der Waals surface area contributed by atoms with Crippen molar-refractivity contribution in [2.45, 2.75) is 32.1 Å². The molecule has 4 heteroatoms. The third kappa shape index (κ3) is 4.20. The van der Waals surface area contributed by atoms with Crippen molar-refractivity contribution in [3.05, 3.63) is 35.9 Å². The van der Waals surface area contributed by atoms with Crippen LogP contribution in [0.3, 0.4) is 0 Å². The summed E-state index contributed by atoms with van der Waals surface area (Å²) in [5.41, 5.74) is 1.20. The van der Waals surface area contributed by atoms with E-state index in [0.29, 0.717) is 6.42 Å². The summed E-state index contributed by atoms with van der Waals surface area (Å²) in [6.07, 6.45) is 1.46. The van der Waals surface area contributed by atoms with Crippen molar-refractivity contribution in [3.8, 4) is 0 Å². The lowest BCUT2D eigenvalue weighted by Gasteiger charge is -2.25. The zero-order valence-electron chi connectivity index (χ0n) is 10.7. The van der Waals surface area contributed by atoms with Crippen LogP contribution in [0.4, 0.5) is 0 Å². The van der Waals surface area contributed by atoms with E-state index in [9.17, 15) is 9.59 Å². The monoisotopic (exact) mass is 250 g/mol. The number of rotatable bonds is 5. The van der Waals surface area contributed by atoms with Crippen molar-refractivity contribution in [1.29, 1.82) is 0 Å². The van der Waals surface area contributed by atoms with Crippen LogP contribution in [-0.2, 0) is 19.7 Å². The number of esters is 1. The second-order valence-electron chi connectivity index (χ2n) is 4.79. The highest BCUT2D eigenvalue weighted by Gasteiger charge is 2.20. The minimum absolute atomic E-state index is 0.0170. The molecule has 98 valence electrons. The lowest BCUT2D eigenvalue weighted by Crippen LogP contribution is -2.20. The highest BCUT2D eigenvalue weighted by Crippen LogP contribution is 2.27. The molecular weight excluding hydrogens is 232 g/mol. The number of hydrogen-bond donors (Lipinski definition) is 1. The van der Waals surface area contributed by atoms with E-state index >= 15 is 0 Å². The fraction of sp³-hybridized carbons (Fsp3) is 0.429. The number of benzene rings is 1. The minimum Gasteiger partial charge on any atom is -0.473 e. The van der Waals surface area contributed by atoms with Gasteiger partial charge in [0.1, 0.15) is 0 Å². The lowest BCUT2D eigenvalue weighted by atomic mass is 9.81. The zero-order valence-corrected chi connectivity index (χ0v) is 10.7. The third-order valence-electron chi connectivity index (χ3n) is 2.91. The molecular formula is C14H18O4. The Balaban J connectivity index is 2.39. The molecule has 0 atom stereocenters. The third-order valence-corrected chi connectivity index (χ3v) is 2.91. The molecule has 0 bridgehead atoms. The van der Waals surface area contributed by atoms with Gasteiger partial charge >= 0.3 is 11.9 Å². The SMILES string of the molecule is CC(C)(CCCOC(=O)C(=O)O)c1ccccc1. The van der Waals surface area contributed by atoms with Crippen LogP contribution in [0, 0.1) is 0 Å². The molecule has 1 rings (SSSR count). The van der Waals surface area contributed by atoms with Crippen LogP contribution < -0.4 is 0 Å². The smallest absolute Gasteiger partial charge is 0.417 e. The zero-order chi connectivity index (χ0) is 13.6. The Morgan fingerprint density at radius 2 is 1.83 bits per heavy atom. The molecule has 1 aromatic carbocycles. The average molecular weight is 250 g/mol. The molecule has 1 N–H and O–H groups in total. The van der Waals surface area contributed by atoms with E-state index in [-0.39, 0.29) is 12.0 Å². The molecule has 0 amide bonds. The number of carboxylic acid groups (broad SMARTS) is 1. The van der Waals surface area contributed by atoms with Gasteiger partial charge in [-0.2, -0.15) is 0 Å². The predicted octanol–water partition coefficient (Wildman–Crippen LogP) is 2.37. The average Bonchev–Trinajstić information content (AvgIpc) is 2.35. The fourth-order valence-corrected chi connectivity index (χ4v) is 1.77. The maximum atomic E-state index is 10.7. The van der Waals surface area contributed by atoms with Crippen LogP contribution >= 0.6 is 0 Å². The van der Waals surface area contributed by atoms with Crippen LogP contribution in [-0.4, -0.2) is 23.7 Å². The summed E-state index contributed by atoms with van der Waals surface area (Å²) in [4.78, 5) is 21.0. The van der Waals surface area contributed by atoms with Gasteiger partial charge in [-0.05, 0) is 23.8 Å². The first kappa shape index (κ1) is 14.2. The second-order valence-corrected chi connectivity index (χ2v) is 4.79. The molecule has 0 fully saturated rings. The molecule has 0 unspecified atom stereocenters. The quantitative estimate of drug-likeness (QED) is 0.495. The molecule has 18 heavy (non-hydrogen) atoms. The Morgan fingerprint density at radius 1 is 1.22 bits per heavy atom. The first-order valence-electron chi connectivity index (χ1n) is 5.89. The largest absolute Gasteiger partial charge is 0.473 e. The van der Waals surface area contributed by atoms with E-state index in [2.05, 4.69) is 30.7 Å². The van der Waals surface area contributed by atoms with Crippen molar-refractivity contribution in [2.24, 2.45) is 0 Å². The Bertz CT molecular complexity index is 409. The topological polar surface area (TPSA) is 63.6 Å². The first-order valence-corrected chi connectivity index (χ1v) is 5.89. The summed E-state index contributed by atoms with van der Waals surface area (Å²) in [7, 11) is 0. The van der Waals surface area contributed by atoms with E-state index < -0.39 is 11.9 Å². The standard InChI is InChI=1S/C14H18O4/c1-14(2,11-7-4-3-5-8-11)9-6-10-18-13(17)12(15)16/h3-5,7-8H,6,9-10H2,1-2H3,(H,15,16). The van der Waals surface area contributed by atoms with Gasteiger partial charge in [0.05, 0.1) is 6.61 Å². The van der Waals surface area contributed by atoms with Gasteiger partial charge in [-0.3, -0.25) is 0 Å². The van der Waals surface area contributed by atoms with E-state index in [4.69, 9.17) is 5.11 Å². The number of carboxylic acids is 1. The summed E-state index contributed by atoms with van der Waals surface area (Å²) in [5, 5.41) is 8.34. The van der Waals surface area contributed by atoms with Gasteiger partial charge in [-0.15, -0.1) is 0 Å². The molecule has 0 aliphatic rings. The molecule has 0 aliphatic heterocycles. The second kappa shape index (κ2) is 6.19. The van der Waals surface area contributed by atoms with Crippen molar-refractivity contribution < 1.29 is 19.4 Å². The number of aliphatic carboxylic acids is 1. The summed E-state index contributed by atoms with van der Waals surface area (Å²) in [6.45, 7) is 4.37.